The van der Waals surface area contributed by atoms with Gasteiger partial charge in [-0.1, -0.05) is 42.1 Å². The molecule has 4 aromatic rings. The van der Waals surface area contributed by atoms with E-state index in [1.807, 2.05) is 24.3 Å². The van der Waals surface area contributed by atoms with Gasteiger partial charge in [-0.25, -0.2) is 9.59 Å². The van der Waals surface area contributed by atoms with Gasteiger partial charge in [-0.3, -0.25) is 5.32 Å². The molecule has 5 rings (SSSR count). The standard InChI is InChI=1S/C25H24N4O4S/c1-2-32-25(31)26-19-10-11-20-18(12-22(30)33-21(20)13-19)15-34-24-28-27-23(17-8-9-17)29(24)14-16-6-4-3-5-7-16/h3-7,10-13,17H,2,8-9,14-15H2,1H3,(H,26,31). The zero-order valence-electron chi connectivity index (χ0n) is 18.7. The highest BCUT2D eigenvalue weighted by molar-refractivity contribution is 7.98. The molecule has 0 atom stereocenters. The van der Waals surface area contributed by atoms with E-state index in [2.05, 4.69) is 32.2 Å². The van der Waals surface area contributed by atoms with Crippen LogP contribution in [0.2, 0.25) is 0 Å². The Labute approximate surface area is 200 Å². The van der Waals surface area contributed by atoms with Crippen molar-refractivity contribution in [1.29, 1.82) is 0 Å². The van der Waals surface area contributed by atoms with Crippen LogP contribution >= 0.6 is 11.8 Å². The number of carbonyl (C=O) groups excluding carboxylic acids is 1. The lowest BCUT2D eigenvalue weighted by atomic mass is 10.1. The molecule has 174 valence electrons. The first-order valence-electron chi connectivity index (χ1n) is 11.2. The Morgan fingerprint density at radius 2 is 2.00 bits per heavy atom. The second kappa shape index (κ2) is 9.72. The number of ether oxygens (including phenoxy) is 1. The van der Waals surface area contributed by atoms with Crippen LogP contribution in [0.25, 0.3) is 11.0 Å². The van der Waals surface area contributed by atoms with Gasteiger partial charge in [-0.05, 0) is 43.0 Å². The quantitative estimate of drug-likeness (QED) is 0.277. The first-order chi connectivity index (χ1) is 16.6. The van der Waals surface area contributed by atoms with Gasteiger partial charge in [0.15, 0.2) is 5.16 Å². The molecular weight excluding hydrogens is 452 g/mol. The number of rotatable bonds is 8. The third-order valence-electron chi connectivity index (χ3n) is 5.58. The van der Waals surface area contributed by atoms with Crippen LogP contribution in [0.1, 0.15) is 42.6 Å². The molecule has 1 saturated carbocycles. The lowest BCUT2D eigenvalue weighted by Gasteiger charge is -2.11. The average Bonchev–Trinajstić information content (AvgIpc) is 3.59. The lowest BCUT2D eigenvalue weighted by Crippen LogP contribution is -2.13. The van der Waals surface area contributed by atoms with E-state index in [1.165, 1.54) is 11.6 Å². The number of thioether (sulfide) groups is 1. The van der Waals surface area contributed by atoms with Gasteiger partial charge >= 0.3 is 11.7 Å². The van der Waals surface area contributed by atoms with Gasteiger partial charge in [-0.2, -0.15) is 0 Å². The van der Waals surface area contributed by atoms with Crippen molar-refractivity contribution in [3.05, 3.63) is 82.0 Å². The summed E-state index contributed by atoms with van der Waals surface area (Å²) in [6.07, 6.45) is 1.73. The number of amides is 1. The minimum Gasteiger partial charge on any atom is -0.450 e. The fraction of sp³-hybridized carbons (Fsp3) is 0.280. The summed E-state index contributed by atoms with van der Waals surface area (Å²) in [5, 5.41) is 13.2. The van der Waals surface area contributed by atoms with E-state index in [0.29, 0.717) is 29.5 Å². The van der Waals surface area contributed by atoms with Gasteiger partial charge in [0.2, 0.25) is 0 Å². The van der Waals surface area contributed by atoms with Gasteiger partial charge in [0, 0.05) is 34.9 Å². The number of fused-ring (bicyclic) bond motifs is 1. The summed E-state index contributed by atoms with van der Waals surface area (Å²) in [5.41, 5.74) is 2.48. The number of nitrogens with zero attached hydrogens (tertiary/aromatic N) is 3. The highest BCUT2D eigenvalue weighted by Gasteiger charge is 2.30. The van der Waals surface area contributed by atoms with E-state index in [0.717, 1.165) is 34.8 Å². The largest absolute Gasteiger partial charge is 0.450 e. The zero-order chi connectivity index (χ0) is 23.5. The smallest absolute Gasteiger partial charge is 0.411 e. The Morgan fingerprint density at radius 1 is 1.18 bits per heavy atom. The van der Waals surface area contributed by atoms with Crippen molar-refractivity contribution in [3.8, 4) is 0 Å². The van der Waals surface area contributed by atoms with Crippen LogP contribution in [-0.4, -0.2) is 27.5 Å². The minimum atomic E-state index is -0.555. The number of hydrogen-bond donors (Lipinski definition) is 1. The molecule has 1 aliphatic rings. The molecule has 9 heteroatoms. The van der Waals surface area contributed by atoms with Gasteiger partial charge < -0.3 is 13.7 Å². The van der Waals surface area contributed by atoms with Crippen molar-refractivity contribution in [2.45, 2.75) is 43.1 Å². The molecule has 2 aromatic heterocycles. The molecule has 0 aliphatic heterocycles. The monoisotopic (exact) mass is 476 g/mol. The van der Waals surface area contributed by atoms with Crippen LogP contribution in [0.15, 0.2) is 69.0 Å². The molecule has 0 saturated heterocycles. The highest BCUT2D eigenvalue weighted by Crippen LogP contribution is 2.40. The molecule has 1 aliphatic carbocycles. The number of anilines is 1. The molecule has 8 nitrogen and oxygen atoms in total. The van der Waals surface area contributed by atoms with Crippen LogP contribution in [0.4, 0.5) is 10.5 Å². The molecule has 0 unspecified atom stereocenters. The van der Waals surface area contributed by atoms with Gasteiger partial charge in [0.05, 0.1) is 13.2 Å². The highest BCUT2D eigenvalue weighted by atomic mass is 32.2. The number of aromatic nitrogens is 3. The number of benzene rings is 2. The van der Waals surface area contributed by atoms with Crippen LogP contribution in [-0.2, 0) is 17.0 Å². The summed E-state index contributed by atoms with van der Waals surface area (Å²) in [6.45, 7) is 2.72. The zero-order valence-corrected chi connectivity index (χ0v) is 19.5. The predicted octanol–water partition coefficient (Wildman–Crippen LogP) is 5.17. The van der Waals surface area contributed by atoms with Crippen molar-refractivity contribution in [2.24, 2.45) is 0 Å². The van der Waals surface area contributed by atoms with Crippen LogP contribution in [0.3, 0.4) is 0 Å². The molecule has 2 heterocycles. The Morgan fingerprint density at radius 3 is 2.76 bits per heavy atom. The molecule has 2 aromatic carbocycles. The third kappa shape index (κ3) is 4.99. The second-order valence-electron chi connectivity index (χ2n) is 8.12. The van der Waals surface area contributed by atoms with Crippen LogP contribution in [0.5, 0.6) is 0 Å². The fourth-order valence-corrected chi connectivity index (χ4v) is 4.76. The van der Waals surface area contributed by atoms with Crippen molar-refractivity contribution in [2.75, 3.05) is 11.9 Å². The first-order valence-corrected chi connectivity index (χ1v) is 12.2. The maximum atomic E-state index is 12.2. The topological polar surface area (TPSA) is 99.2 Å². The minimum absolute atomic E-state index is 0.271. The molecular formula is C25H24N4O4S. The summed E-state index contributed by atoms with van der Waals surface area (Å²) in [5.74, 6) is 2.03. The number of hydrogen-bond acceptors (Lipinski definition) is 7. The lowest BCUT2D eigenvalue weighted by molar-refractivity contribution is 0.168. The Bertz CT molecular complexity index is 1380. The Balaban J connectivity index is 1.40. The molecule has 1 fully saturated rings. The van der Waals surface area contributed by atoms with E-state index in [1.54, 1.807) is 30.8 Å². The predicted molar refractivity (Wildman–Crippen MR) is 130 cm³/mol. The fourth-order valence-electron chi connectivity index (χ4n) is 3.82. The number of carbonyl (C=O) groups is 1. The summed E-state index contributed by atoms with van der Waals surface area (Å²) in [4.78, 5) is 24.0. The summed E-state index contributed by atoms with van der Waals surface area (Å²) in [7, 11) is 0. The molecule has 1 N–H and O–H groups in total. The van der Waals surface area contributed by atoms with Crippen molar-refractivity contribution >= 4 is 34.5 Å². The first kappa shape index (κ1) is 22.2. The SMILES string of the molecule is CCOC(=O)Nc1ccc2c(CSc3nnc(C4CC4)n3Cc3ccccc3)cc(=O)oc2c1. The second-order valence-corrected chi connectivity index (χ2v) is 9.07. The maximum absolute atomic E-state index is 12.2. The Hall–Kier alpha value is -3.59. The molecule has 0 radical (unpaired) electrons. The molecule has 0 spiro atoms. The third-order valence-corrected chi connectivity index (χ3v) is 6.60. The van der Waals surface area contributed by atoms with E-state index in [4.69, 9.17) is 9.15 Å². The molecule has 0 bridgehead atoms. The Kier molecular flexibility index (Phi) is 6.35. The summed E-state index contributed by atoms with van der Waals surface area (Å²) < 4.78 is 12.5. The van der Waals surface area contributed by atoms with E-state index in [9.17, 15) is 9.59 Å². The van der Waals surface area contributed by atoms with Crippen molar-refractivity contribution < 1.29 is 13.9 Å². The normalized spacial score (nSPS) is 13.2. The van der Waals surface area contributed by atoms with Crippen LogP contribution in [0, 0.1) is 0 Å². The molecule has 1 amide bonds. The van der Waals surface area contributed by atoms with E-state index < -0.39 is 11.7 Å². The van der Waals surface area contributed by atoms with E-state index in [-0.39, 0.29) is 6.61 Å². The van der Waals surface area contributed by atoms with Gasteiger partial charge in [0.25, 0.3) is 0 Å². The maximum Gasteiger partial charge on any atom is 0.411 e. The van der Waals surface area contributed by atoms with Crippen molar-refractivity contribution in [1.82, 2.24) is 14.8 Å². The molecule has 34 heavy (non-hydrogen) atoms. The van der Waals surface area contributed by atoms with Crippen LogP contribution < -0.4 is 10.9 Å². The van der Waals surface area contributed by atoms with Crippen molar-refractivity contribution in [3.63, 3.8) is 0 Å². The summed E-state index contributed by atoms with van der Waals surface area (Å²) >= 11 is 1.55. The summed E-state index contributed by atoms with van der Waals surface area (Å²) in [6, 6.07) is 17.0. The van der Waals surface area contributed by atoms with E-state index >= 15 is 0 Å². The number of nitrogens with one attached hydrogen (secondary N) is 1. The van der Waals surface area contributed by atoms with Gasteiger partial charge in [0.1, 0.15) is 11.4 Å². The average molecular weight is 477 g/mol. The van der Waals surface area contributed by atoms with Gasteiger partial charge in [-0.15, -0.1) is 10.2 Å².